The van der Waals surface area contributed by atoms with Crippen LogP contribution in [0.2, 0.25) is 10.0 Å². The van der Waals surface area contributed by atoms with Crippen molar-refractivity contribution >= 4 is 23.2 Å². The van der Waals surface area contributed by atoms with E-state index in [1.165, 1.54) is 0 Å². The second kappa shape index (κ2) is 5.65. The van der Waals surface area contributed by atoms with Crippen LogP contribution < -0.4 is 5.32 Å². The van der Waals surface area contributed by atoms with Crippen LogP contribution in [0, 0.1) is 6.92 Å². The van der Waals surface area contributed by atoms with Crippen LogP contribution in [-0.2, 0) is 6.54 Å². The van der Waals surface area contributed by atoms with E-state index in [1.807, 2.05) is 32.2 Å². The number of rotatable bonds is 3. The highest BCUT2D eigenvalue weighted by molar-refractivity contribution is 6.35. The first-order chi connectivity index (χ1) is 8.58. The van der Waals surface area contributed by atoms with Gasteiger partial charge < -0.3 is 5.32 Å². The van der Waals surface area contributed by atoms with E-state index in [0.29, 0.717) is 22.4 Å². The summed E-state index contributed by atoms with van der Waals surface area (Å²) in [5, 5.41) is 4.23. The number of hydrogen-bond acceptors (Lipinski definition) is 3. The Morgan fingerprint density at radius 3 is 2.33 bits per heavy atom. The second-order valence-electron chi connectivity index (χ2n) is 4.01. The summed E-state index contributed by atoms with van der Waals surface area (Å²) in [5.74, 6) is 0.643. The molecule has 2 aromatic rings. The van der Waals surface area contributed by atoms with Gasteiger partial charge in [-0.3, -0.25) is 0 Å². The molecule has 1 N–H and O–H groups in total. The Labute approximate surface area is 116 Å². The summed E-state index contributed by atoms with van der Waals surface area (Å²) < 4.78 is 0. The fourth-order valence-electron chi connectivity index (χ4n) is 1.72. The number of nitrogens with zero attached hydrogens (tertiary/aromatic N) is 2. The molecule has 0 amide bonds. The van der Waals surface area contributed by atoms with E-state index < -0.39 is 0 Å². The van der Waals surface area contributed by atoms with Crippen molar-refractivity contribution in [2.45, 2.75) is 13.5 Å². The van der Waals surface area contributed by atoms with E-state index in [-0.39, 0.29) is 0 Å². The van der Waals surface area contributed by atoms with Gasteiger partial charge in [0.1, 0.15) is 0 Å². The summed E-state index contributed by atoms with van der Waals surface area (Å²) in [6, 6.07) is 7.26. The first-order valence-corrected chi connectivity index (χ1v) is 6.29. The smallest absolute Gasteiger partial charge is 0.159 e. The molecule has 0 saturated heterocycles. The lowest BCUT2D eigenvalue weighted by molar-refractivity contribution is 0.785. The van der Waals surface area contributed by atoms with Gasteiger partial charge in [0, 0.05) is 27.8 Å². The number of aryl methyl sites for hydroxylation is 1. The maximum absolute atomic E-state index is 5.99. The van der Waals surface area contributed by atoms with Crippen molar-refractivity contribution in [1.82, 2.24) is 15.3 Å². The maximum atomic E-state index is 5.99. The van der Waals surface area contributed by atoms with Crippen LogP contribution in [0.15, 0.2) is 24.3 Å². The van der Waals surface area contributed by atoms with Crippen molar-refractivity contribution in [1.29, 1.82) is 0 Å². The quantitative estimate of drug-likeness (QED) is 0.936. The zero-order chi connectivity index (χ0) is 13.1. The molecular formula is C13H13Cl2N3. The van der Waals surface area contributed by atoms with Crippen molar-refractivity contribution in [3.63, 3.8) is 0 Å². The Bertz CT molecular complexity index is 550. The fraction of sp³-hybridized carbons (Fsp3) is 0.231. The average molecular weight is 282 g/mol. The largest absolute Gasteiger partial charge is 0.314 e. The minimum absolute atomic E-state index is 0.581. The minimum atomic E-state index is 0.581. The molecule has 0 aliphatic heterocycles. The lowest BCUT2D eigenvalue weighted by atomic mass is 10.2. The van der Waals surface area contributed by atoms with Gasteiger partial charge in [-0.25, -0.2) is 9.97 Å². The third-order valence-electron chi connectivity index (χ3n) is 2.39. The van der Waals surface area contributed by atoms with E-state index in [9.17, 15) is 0 Å². The van der Waals surface area contributed by atoms with Crippen LogP contribution in [0.5, 0.6) is 0 Å². The van der Waals surface area contributed by atoms with Crippen molar-refractivity contribution < 1.29 is 0 Å². The lowest BCUT2D eigenvalue weighted by Gasteiger charge is -2.06. The van der Waals surface area contributed by atoms with Crippen molar-refractivity contribution in [3.8, 4) is 11.4 Å². The highest BCUT2D eigenvalue weighted by atomic mass is 35.5. The van der Waals surface area contributed by atoms with Crippen LogP contribution in [0.3, 0.4) is 0 Å². The summed E-state index contributed by atoms with van der Waals surface area (Å²) in [7, 11) is 1.88. The number of benzene rings is 1. The molecule has 0 saturated carbocycles. The first-order valence-electron chi connectivity index (χ1n) is 5.54. The predicted octanol–water partition coefficient (Wildman–Crippen LogP) is 3.48. The van der Waals surface area contributed by atoms with E-state index in [0.717, 1.165) is 17.0 Å². The topological polar surface area (TPSA) is 37.8 Å². The van der Waals surface area contributed by atoms with Gasteiger partial charge in [0.25, 0.3) is 0 Å². The molecule has 94 valence electrons. The molecule has 0 fully saturated rings. The molecule has 1 aromatic heterocycles. The number of halogens is 2. The predicted molar refractivity (Wildman–Crippen MR) is 75.0 cm³/mol. The minimum Gasteiger partial charge on any atom is -0.314 e. The van der Waals surface area contributed by atoms with Gasteiger partial charge in [-0.05, 0) is 38.2 Å². The third kappa shape index (κ3) is 3.19. The van der Waals surface area contributed by atoms with Gasteiger partial charge in [-0.1, -0.05) is 23.2 Å². The summed E-state index contributed by atoms with van der Waals surface area (Å²) in [5.41, 5.74) is 2.69. The van der Waals surface area contributed by atoms with Crippen molar-refractivity contribution in [3.05, 3.63) is 45.7 Å². The molecule has 0 spiro atoms. The molecule has 0 atom stereocenters. The van der Waals surface area contributed by atoms with Crippen LogP contribution in [-0.4, -0.2) is 17.0 Å². The molecule has 0 bridgehead atoms. The zero-order valence-electron chi connectivity index (χ0n) is 10.2. The molecule has 0 radical (unpaired) electrons. The SMILES string of the molecule is CNCc1cc(C)nc(-c2cc(Cl)cc(Cl)c2)n1. The number of nitrogens with one attached hydrogen (secondary N) is 1. The molecule has 0 aliphatic carbocycles. The lowest BCUT2D eigenvalue weighted by Crippen LogP contribution is -2.08. The Morgan fingerprint density at radius 1 is 1.06 bits per heavy atom. The van der Waals surface area contributed by atoms with Gasteiger partial charge in [-0.2, -0.15) is 0 Å². The van der Waals surface area contributed by atoms with Crippen molar-refractivity contribution in [2.75, 3.05) is 7.05 Å². The molecule has 1 heterocycles. The molecule has 0 unspecified atom stereocenters. The highest BCUT2D eigenvalue weighted by Gasteiger charge is 2.07. The number of aromatic nitrogens is 2. The van der Waals surface area contributed by atoms with Crippen LogP contribution in [0.25, 0.3) is 11.4 Å². The maximum Gasteiger partial charge on any atom is 0.159 e. The van der Waals surface area contributed by atoms with E-state index in [2.05, 4.69) is 15.3 Å². The number of hydrogen-bond donors (Lipinski definition) is 1. The Balaban J connectivity index is 2.49. The normalized spacial score (nSPS) is 10.7. The molecule has 18 heavy (non-hydrogen) atoms. The van der Waals surface area contributed by atoms with Gasteiger partial charge >= 0.3 is 0 Å². The average Bonchev–Trinajstić information content (AvgIpc) is 2.27. The molecule has 2 rings (SSSR count). The Kier molecular flexibility index (Phi) is 4.17. The van der Waals surface area contributed by atoms with Crippen LogP contribution in [0.4, 0.5) is 0 Å². The summed E-state index contributed by atoms with van der Waals surface area (Å²) in [4.78, 5) is 8.90. The van der Waals surface area contributed by atoms with Crippen LogP contribution in [0.1, 0.15) is 11.4 Å². The Morgan fingerprint density at radius 2 is 1.72 bits per heavy atom. The van der Waals surface area contributed by atoms with Gasteiger partial charge in [-0.15, -0.1) is 0 Å². The Hall–Kier alpha value is -1.16. The molecule has 5 heteroatoms. The molecule has 0 aliphatic rings. The molecule has 1 aromatic carbocycles. The molecule has 3 nitrogen and oxygen atoms in total. The standard InChI is InChI=1S/C13H13Cl2N3/c1-8-3-12(7-16-2)18-13(17-8)9-4-10(14)6-11(15)5-9/h3-6,16H,7H2,1-2H3. The summed E-state index contributed by atoms with van der Waals surface area (Å²) in [6.45, 7) is 2.64. The zero-order valence-corrected chi connectivity index (χ0v) is 11.7. The van der Waals surface area contributed by atoms with Gasteiger partial charge in [0.05, 0.1) is 5.69 Å². The first kappa shape index (κ1) is 13.3. The van der Waals surface area contributed by atoms with E-state index >= 15 is 0 Å². The monoisotopic (exact) mass is 281 g/mol. The molecular weight excluding hydrogens is 269 g/mol. The van der Waals surface area contributed by atoms with Gasteiger partial charge in [0.15, 0.2) is 5.82 Å². The van der Waals surface area contributed by atoms with E-state index in [1.54, 1.807) is 6.07 Å². The van der Waals surface area contributed by atoms with Crippen LogP contribution >= 0.6 is 23.2 Å². The highest BCUT2D eigenvalue weighted by Crippen LogP contribution is 2.25. The van der Waals surface area contributed by atoms with E-state index in [4.69, 9.17) is 23.2 Å². The van der Waals surface area contributed by atoms with Gasteiger partial charge in [0.2, 0.25) is 0 Å². The summed E-state index contributed by atoms with van der Waals surface area (Å²) >= 11 is 12.0. The second-order valence-corrected chi connectivity index (χ2v) is 4.89. The fourth-order valence-corrected chi connectivity index (χ4v) is 2.24. The third-order valence-corrected chi connectivity index (χ3v) is 2.82. The van der Waals surface area contributed by atoms with Crippen molar-refractivity contribution in [2.24, 2.45) is 0 Å². The summed E-state index contributed by atoms with van der Waals surface area (Å²) in [6.07, 6.45) is 0.